The predicted octanol–water partition coefficient (Wildman–Crippen LogP) is 1.72. The number of ether oxygens (including phenoxy) is 1. The second-order valence-electron chi connectivity index (χ2n) is 5.32. The quantitative estimate of drug-likeness (QED) is 0.804. The molecule has 1 aliphatic heterocycles. The fraction of sp³-hybridized carbons (Fsp3) is 0.600. The Balaban J connectivity index is 1.81. The van der Waals surface area contributed by atoms with Crippen LogP contribution in [0, 0.1) is 0 Å². The van der Waals surface area contributed by atoms with Crippen molar-refractivity contribution in [2.45, 2.75) is 25.8 Å². The molecule has 0 atom stereocenters. The number of methoxy groups -OCH3 is 1. The molecule has 0 saturated carbocycles. The molecule has 0 spiro atoms. The molecule has 0 bridgehead atoms. The van der Waals surface area contributed by atoms with Crippen LogP contribution in [0.4, 0.5) is 0 Å². The lowest BCUT2D eigenvalue weighted by Crippen LogP contribution is -2.25. The zero-order chi connectivity index (χ0) is 13.8. The number of aromatic nitrogens is 3. The predicted molar refractivity (Wildman–Crippen MR) is 78.8 cm³/mol. The van der Waals surface area contributed by atoms with Crippen molar-refractivity contribution in [2.75, 3.05) is 33.4 Å². The average Bonchev–Trinajstić information content (AvgIpc) is 3.10. The van der Waals surface area contributed by atoms with Crippen molar-refractivity contribution in [3.05, 3.63) is 24.2 Å². The van der Waals surface area contributed by atoms with Gasteiger partial charge in [0.2, 0.25) is 0 Å². The van der Waals surface area contributed by atoms with Crippen LogP contribution in [-0.2, 0) is 17.7 Å². The molecule has 0 unspecified atom stereocenters. The Hall–Kier alpha value is -1.46. The zero-order valence-electron chi connectivity index (χ0n) is 12.1. The Morgan fingerprint density at radius 1 is 1.25 bits per heavy atom. The minimum absolute atomic E-state index is 0.701. The van der Waals surface area contributed by atoms with Crippen molar-refractivity contribution >= 4 is 11.2 Å². The molecule has 5 heteroatoms. The number of likely N-dealkylation sites (tertiary alicyclic amines) is 1. The van der Waals surface area contributed by atoms with Crippen LogP contribution in [0.1, 0.15) is 18.7 Å². The molecule has 3 heterocycles. The molecule has 1 saturated heterocycles. The van der Waals surface area contributed by atoms with Crippen molar-refractivity contribution in [2.24, 2.45) is 0 Å². The summed E-state index contributed by atoms with van der Waals surface area (Å²) in [5.74, 6) is 1.08. The van der Waals surface area contributed by atoms with E-state index >= 15 is 0 Å². The zero-order valence-corrected chi connectivity index (χ0v) is 12.1. The van der Waals surface area contributed by atoms with E-state index in [1.807, 2.05) is 18.3 Å². The molecule has 1 aliphatic rings. The van der Waals surface area contributed by atoms with Gasteiger partial charge in [-0.2, -0.15) is 0 Å². The van der Waals surface area contributed by atoms with Crippen LogP contribution in [0.5, 0.6) is 0 Å². The molecule has 2 aromatic heterocycles. The van der Waals surface area contributed by atoms with E-state index in [-0.39, 0.29) is 0 Å². The van der Waals surface area contributed by atoms with Gasteiger partial charge in [0.15, 0.2) is 5.65 Å². The molecule has 0 radical (unpaired) electrons. The van der Waals surface area contributed by atoms with Gasteiger partial charge in [-0.1, -0.05) is 0 Å². The van der Waals surface area contributed by atoms with Gasteiger partial charge in [0.1, 0.15) is 11.3 Å². The van der Waals surface area contributed by atoms with Gasteiger partial charge in [0, 0.05) is 32.8 Å². The van der Waals surface area contributed by atoms with Gasteiger partial charge in [0.05, 0.1) is 6.61 Å². The Labute approximate surface area is 119 Å². The number of nitrogens with zero attached hydrogens (tertiary/aromatic N) is 4. The number of rotatable bonds is 6. The standard InChI is InChI=1S/C15H22N4O/c1-20-12-6-14-17-13-5-4-7-16-15(13)19(14)11-10-18-8-2-3-9-18/h4-5,7H,2-3,6,8-12H2,1H3. The van der Waals surface area contributed by atoms with Crippen LogP contribution < -0.4 is 0 Å². The fourth-order valence-electron chi connectivity index (χ4n) is 2.87. The molecular weight excluding hydrogens is 252 g/mol. The topological polar surface area (TPSA) is 43.2 Å². The first-order valence-corrected chi connectivity index (χ1v) is 7.40. The van der Waals surface area contributed by atoms with E-state index < -0.39 is 0 Å². The van der Waals surface area contributed by atoms with Gasteiger partial charge in [0.25, 0.3) is 0 Å². The number of hydrogen-bond acceptors (Lipinski definition) is 4. The summed E-state index contributed by atoms with van der Waals surface area (Å²) >= 11 is 0. The lowest BCUT2D eigenvalue weighted by molar-refractivity contribution is 0.199. The number of fused-ring (bicyclic) bond motifs is 1. The molecule has 108 valence electrons. The molecule has 0 amide bonds. The summed E-state index contributed by atoms with van der Waals surface area (Å²) in [7, 11) is 1.73. The van der Waals surface area contributed by atoms with E-state index in [0.29, 0.717) is 6.61 Å². The minimum Gasteiger partial charge on any atom is -0.384 e. The highest BCUT2D eigenvalue weighted by Crippen LogP contribution is 2.15. The Morgan fingerprint density at radius 2 is 2.10 bits per heavy atom. The fourth-order valence-corrected chi connectivity index (χ4v) is 2.87. The Bertz CT molecular complexity index is 560. The van der Waals surface area contributed by atoms with Crippen LogP contribution in [0.25, 0.3) is 11.2 Å². The molecule has 0 aromatic carbocycles. The van der Waals surface area contributed by atoms with Crippen molar-refractivity contribution in [1.82, 2.24) is 19.4 Å². The number of hydrogen-bond donors (Lipinski definition) is 0. The first kappa shape index (κ1) is 13.5. The lowest BCUT2D eigenvalue weighted by atomic mass is 10.4. The molecule has 1 fully saturated rings. The molecule has 0 aliphatic carbocycles. The van der Waals surface area contributed by atoms with Crippen molar-refractivity contribution in [3.63, 3.8) is 0 Å². The van der Waals surface area contributed by atoms with E-state index in [2.05, 4.69) is 14.5 Å². The summed E-state index contributed by atoms with van der Waals surface area (Å²) in [6, 6.07) is 3.98. The van der Waals surface area contributed by atoms with E-state index in [0.717, 1.165) is 36.5 Å². The van der Waals surface area contributed by atoms with Crippen molar-refractivity contribution in [1.29, 1.82) is 0 Å². The average molecular weight is 274 g/mol. The molecule has 2 aromatic rings. The molecular formula is C15H22N4O. The summed E-state index contributed by atoms with van der Waals surface area (Å²) < 4.78 is 7.45. The van der Waals surface area contributed by atoms with E-state index in [4.69, 9.17) is 9.72 Å². The van der Waals surface area contributed by atoms with E-state index in [9.17, 15) is 0 Å². The highest BCUT2D eigenvalue weighted by atomic mass is 16.5. The van der Waals surface area contributed by atoms with Gasteiger partial charge >= 0.3 is 0 Å². The maximum atomic E-state index is 5.19. The van der Waals surface area contributed by atoms with Gasteiger partial charge in [-0.15, -0.1) is 0 Å². The third-order valence-electron chi connectivity index (χ3n) is 3.95. The van der Waals surface area contributed by atoms with Crippen molar-refractivity contribution in [3.8, 4) is 0 Å². The van der Waals surface area contributed by atoms with Gasteiger partial charge in [-0.25, -0.2) is 9.97 Å². The summed E-state index contributed by atoms with van der Waals surface area (Å²) in [5, 5.41) is 0. The van der Waals surface area contributed by atoms with Crippen LogP contribution in [-0.4, -0.2) is 52.8 Å². The molecule has 5 nitrogen and oxygen atoms in total. The highest BCUT2D eigenvalue weighted by molar-refractivity contribution is 5.71. The van der Waals surface area contributed by atoms with E-state index in [1.54, 1.807) is 7.11 Å². The molecule has 3 rings (SSSR count). The van der Waals surface area contributed by atoms with Crippen molar-refractivity contribution < 1.29 is 4.74 Å². The maximum absolute atomic E-state index is 5.19. The summed E-state index contributed by atoms with van der Waals surface area (Å²) in [4.78, 5) is 11.7. The SMILES string of the molecule is COCCc1nc2cccnc2n1CCN1CCCC1. The first-order valence-electron chi connectivity index (χ1n) is 7.40. The Morgan fingerprint density at radius 3 is 2.90 bits per heavy atom. The van der Waals surface area contributed by atoms with Gasteiger partial charge in [-0.3, -0.25) is 0 Å². The summed E-state index contributed by atoms with van der Waals surface area (Å²) in [6.07, 6.45) is 5.35. The molecule has 20 heavy (non-hydrogen) atoms. The first-order chi connectivity index (χ1) is 9.88. The minimum atomic E-state index is 0.701. The monoisotopic (exact) mass is 274 g/mol. The third kappa shape index (κ3) is 2.83. The largest absolute Gasteiger partial charge is 0.384 e. The second kappa shape index (κ2) is 6.33. The Kier molecular flexibility index (Phi) is 4.28. The van der Waals surface area contributed by atoms with Gasteiger partial charge in [-0.05, 0) is 38.1 Å². The normalized spacial score (nSPS) is 16.2. The number of imidazole rings is 1. The smallest absolute Gasteiger partial charge is 0.160 e. The highest BCUT2D eigenvalue weighted by Gasteiger charge is 2.15. The van der Waals surface area contributed by atoms with Crippen LogP contribution in [0.15, 0.2) is 18.3 Å². The van der Waals surface area contributed by atoms with Crippen LogP contribution in [0.3, 0.4) is 0 Å². The van der Waals surface area contributed by atoms with Gasteiger partial charge < -0.3 is 14.2 Å². The van der Waals surface area contributed by atoms with E-state index in [1.165, 1.54) is 25.9 Å². The van der Waals surface area contributed by atoms with Crippen LogP contribution >= 0.6 is 0 Å². The third-order valence-corrected chi connectivity index (χ3v) is 3.95. The second-order valence-corrected chi connectivity index (χ2v) is 5.32. The molecule has 0 N–H and O–H groups in total. The maximum Gasteiger partial charge on any atom is 0.160 e. The van der Waals surface area contributed by atoms with Crippen LogP contribution in [0.2, 0.25) is 0 Å². The number of pyridine rings is 1. The summed E-state index contributed by atoms with van der Waals surface area (Å²) in [5.41, 5.74) is 1.98. The lowest BCUT2D eigenvalue weighted by Gasteiger charge is -2.16. The summed E-state index contributed by atoms with van der Waals surface area (Å²) in [6.45, 7) is 5.21.